The quantitative estimate of drug-likeness (QED) is 0.486. The standard InChI is InChI=1S/C9H7F6NO/c10-7(8(11,12)9(13,14)15)4-1-2-5(16)6(17)3-4/h1-3,7,17H,16H2. The van der Waals surface area contributed by atoms with Crippen molar-refractivity contribution in [2.75, 3.05) is 5.73 Å². The highest BCUT2D eigenvalue weighted by molar-refractivity contribution is 5.53. The van der Waals surface area contributed by atoms with Gasteiger partial charge >= 0.3 is 12.1 Å². The minimum atomic E-state index is -6.01. The van der Waals surface area contributed by atoms with Crippen LogP contribution in [0.2, 0.25) is 0 Å². The first-order chi connectivity index (χ1) is 7.57. The molecule has 2 nitrogen and oxygen atoms in total. The Morgan fingerprint density at radius 3 is 2.06 bits per heavy atom. The molecule has 0 aliphatic rings. The van der Waals surface area contributed by atoms with Crippen LogP contribution in [0.4, 0.5) is 32.0 Å². The van der Waals surface area contributed by atoms with E-state index in [0.717, 1.165) is 6.07 Å². The van der Waals surface area contributed by atoms with Crippen LogP contribution in [0.5, 0.6) is 5.75 Å². The molecule has 0 aliphatic heterocycles. The van der Waals surface area contributed by atoms with Gasteiger partial charge in [-0.15, -0.1) is 0 Å². The van der Waals surface area contributed by atoms with Crippen molar-refractivity contribution in [3.05, 3.63) is 23.8 Å². The maximum Gasteiger partial charge on any atom is 0.456 e. The molecule has 17 heavy (non-hydrogen) atoms. The Labute approximate surface area is 91.7 Å². The van der Waals surface area contributed by atoms with E-state index in [9.17, 15) is 26.3 Å². The van der Waals surface area contributed by atoms with E-state index in [2.05, 4.69) is 0 Å². The molecule has 8 heteroatoms. The molecule has 1 unspecified atom stereocenters. The predicted octanol–water partition coefficient (Wildman–Crippen LogP) is 3.18. The highest BCUT2D eigenvalue weighted by atomic mass is 19.4. The monoisotopic (exact) mass is 259 g/mol. The fourth-order valence-electron chi connectivity index (χ4n) is 1.07. The second-order valence-corrected chi connectivity index (χ2v) is 3.30. The molecule has 1 aromatic carbocycles. The van der Waals surface area contributed by atoms with Gasteiger partial charge in [-0.3, -0.25) is 0 Å². The van der Waals surface area contributed by atoms with E-state index in [-0.39, 0.29) is 5.69 Å². The number of phenols is 1. The van der Waals surface area contributed by atoms with Crippen LogP contribution in [0, 0.1) is 0 Å². The second kappa shape index (κ2) is 4.01. The molecule has 0 saturated heterocycles. The first-order valence-electron chi connectivity index (χ1n) is 4.24. The van der Waals surface area contributed by atoms with Gasteiger partial charge in [0.15, 0.2) is 6.17 Å². The average Bonchev–Trinajstić information content (AvgIpc) is 2.19. The summed E-state index contributed by atoms with van der Waals surface area (Å²) in [4.78, 5) is 0. The third-order valence-electron chi connectivity index (χ3n) is 2.04. The summed E-state index contributed by atoms with van der Waals surface area (Å²) in [7, 11) is 0. The maximum atomic E-state index is 13.1. The van der Waals surface area contributed by atoms with Crippen LogP contribution in [0.1, 0.15) is 11.7 Å². The lowest BCUT2D eigenvalue weighted by molar-refractivity contribution is -0.305. The molecule has 0 bridgehead atoms. The van der Waals surface area contributed by atoms with Crippen LogP contribution in [0.15, 0.2) is 18.2 Å². The summed E-state index contributed by atoms with van der Waals surface area (Å²) in [6.45, 7) is 0. The van der Waals surface area contributed by atoms with Crippen molar-refractivity contribution in [2.45, 2.75) is 18.3 Å². The van der Waals surface area contributed by atoms with E-state index < -0.39 is 29.6 Å². The van der Waals surface area contributed by atoms with E-state index in [1.165, 1.54) is 0 Å². The van der Waals surface area contributed by atoms with Gasteiger partial charge in [0.25, 0.3) is 0 Å². The van der Waals surface area contributed by atoms with Crippen molar-refractivity contribution in [3.8, 4) is 5.75 Å². The average molecular weight is 259 g/mol. The molecular weight excluding hydrogens is 252 g/mol. The molecule has 0 fully saturated rings. The number of anilines is 1. The Morgan fingerprint density at radius 2 is 1.65 bits per heavy atom. The molecule has 0 spiro atoms. The minimum absolute atomic E-state index is 0.253. The van der Waals surface area contributed by atoms with E-state index in [1.54, 1.807) is 0 Å². The lowest BCUT2D eigenvalue weighted by Crippen LogP contribution is -2.40. The number of hydrogen-bond donors (Lipinski definition) is 2. The van der Waals surface area contributed by atoms with Crippen LogP contribution >= 0.6 is 0 Å². The summed E-state index contributed by atoms with van der Waals surface area (Å²) in [5.41, 5.74) is 3.85. The SMILES string of the molecule is Nc1ccc(C(F)C(F)(F)C(F)(F)F)cc1O. The molecule has 1 atom stereocenters. The summed E-state index contributed by atoms with van der Waals surface area (Å²) in [6, 6.07) is 1.92. The molecule has 0 heterocycles. The largest absolute Gasteiger partial charge is 0.506 e. The lowest BCUT2D eigenvalue weighted by atomic mass is 10.0. The number of hydrogen-bond acceptors (Lipinski definition) is 2. The van der Waals surface area contributed by atoms with Crippen molar-refractivity contribution >= 4 is 5.69 Å². The van der Waals surface area contributed by atoms with Gasteiger partial charge in [-0.05, 0) is 17.7 Å². The van der Waals surface area contributed by atoms with Crippen LogP contribution in [-0.2, 0) is 0 Å². The third-order valence-corrected chi connectivity index (χ3v) is 2.04. The third kappa shape index (κ3) is 2.40. The number of rotatable bonds is 2. The van der Waals surface area contributed by atoms with Crippen LogP contribution in [-0.4, -0.2) is 17.2 Å². The van der Waals surface area contributed by atoms with Crippen molar-refractivity contribution in [1.29, 1.82) is 0 Å². The maximum absolute atomic E-state index is 13.1. The Bertz CT molecular complexity index is 416. The van der Waals surface area contributed by atoms with Gasteiger partial charge in [-0.25, -0.2) is 4.39 Å². The zero-order valence-electron chi connectivity index (χ0n) is 8.10. The number of nitrogen functional groups attached to an aromatic ring is 1. The molecular formula is C9H7F6NO. The highest BCUT2D eigenvalue weighted by Crippen LogP contribution is 2.47. The molecule has 0 amide bonds. The van der Waals surface area contributed by atoms with Gasteiger partial charge in [0.2, 0.25) is 0 Å². The molecule has 96 valence electrons. The molecule has 1 rings (SSSR count). The number of aromatic hydroxyl groups is 1. The fraction of sp³-hybridized carbons (Fsp3) is 0.333. The number of benzene rings is 1. The van der Waals surface area contributed by atoms with E-state index in [1.807, 2.05) is 0 Å². The van der Waals surface area contributed by atoms with Gasteiger partial charge in [-0.1, -0.05) is 6.07 Å². The van der Waals surface area contributed by atoms with Crippen LogP contribution in [0.3, 0.4) is 0 Å². The normalized spacial score (nSPS) is 14.7. The van der Waals surface area contributed by atoms with Crippen LogP contribution < -0.4 is 5.73 Å². The molecule has 0 radical (unpaired) electrons. The predicted molar refractivity (Wildman–Crippen MR) is 47.4 cm³/mol. The topological polar surface area (TPSA) is 46.2 Å². The number of nitrogens with two attached hydrogens (primary N) is 1. The summed E-state index contributed by atoms with van der Waals surface area (Å²) in [6.07, 6.45) is -9.61. The molecule has 0 aliphatic carbocycles. The van der Waals surface area contributed by atoms with Crippen molar-refractivity contribution < 1.29 is 31.4 Å². The second-order valence-electron chi connectivity index (χ2n) is 3.30. The smallest absolute Gasteiger partial charge is 0.456 e. The van der Waals surface area contributed by atoms with E-state index >= 15 is 0 Å². The number of halogens is 6. The highest BCUT2D eigenvalue weighted by Gasteiger charge is 2.63. The summed E-state index contributed by atoms with van der Waals surface area (Å²) in [5, 5.41) is 9.00. The Morgan fingerprint density at radius 1 is 1.12 bits per heavy atom. The zero-order chi connectivity index (χ0) is 13.4. The van der Waals surface area contributed by atoms with E-state index in [0.29, 0.717) is 12.1 Å². The fourth-order valence-corrected chi connectivity index (χ4v) is 1.07. The number of phenolic OH excluding ortho intramolecular Hbond substituents is 1. The number of alkyl halides is 6. The first-order valence-corrected chi connectivity index (χ1v) is 4.24. The minimum Gasteiger partial charge on any atom is -0.506 e. The molecule has 3 N–H and O–H groups in total. The van der Waals surface area contributed by atoms with Crippen molar-refractivity contribution in [2.24, 2.45) is 0 Å². The van der Waals surface area contributed by atoms with Gasteiger partial charge in [0, 0.05) is 0 Å². The van der Waals surface area contributed by atoms with Crippen molar-refractivity contribution in [1.82, 2.24) is 0 Å². The van der Waals surface area contributed by atoms with Gasteiger partial charge in [0.1, 0.15) is 5.75 Å². The summed E-state index contributed by atoms with van der Waals surface area (Å²) < 4.78 is 74.0. The zero-order valence-corrected chi connectivity index (χ0v) is 8.10. The molecule has 0 aromatic heterocycles. The van der Waals surface area contributed by atoms with E-state index in [4.69, 9.17) is 10.8 Å². The summed E-state index contributed by atoms with van der Waals surface area (Å²) >= 11 is 0. The lowest BCUT2D eigenvalue weighted by Gasteiger charge is -2.23. The molecule has 1 aromatic rings. The Kier molecular flexibility index (Phi) is 3.17. The van der Waals surface area contributed by atoms with Crippen molar-refractivity contribution in [3.63, 3.8) is 0 Å². The Hall–Kier alpha value is -1.60. The summed E-state index contributed by atoms with van der Waals surface area (Å²) in [5.74, 6) is -6.29. The van der Waals surface area contributed by atoms with Crippen LogP contribution in [0.25, 0.3) is 0 Å². The Balaban J connectivity index is 3.12. The van der Waals surface area contributed by atoms with Gasteiger partial charge in [0.05, 0.1) is 5.69 Å². The first kappa shape index (κ1) is 13.5. The van der Waals surface area contributed by atoms with Gasteiger partial charge < -0.3 is 10.8 Å². The molecule has 0 saturated carbocycles. The van der Waals surface area contributed by atoms with Gasteiger partial charge in [-0.2, -0.15) is 22.0 Å².